The average Bonchev–Trinajstić information content (AvgIpc) is 3.25. The number of carbonyl (C=O) groups is 2. The summed E-state index contributed by atoms with van der Waals surface area (Å²) in [5, 5.41) is 0. The van der Waals surface area contributed by atoms with Crippen LogP contribution < -0.4 is 0 Å². The summed E-state index contributed by atoms with van der Waals surface area (Å²) in [5.74, 6) is -1.38. The van der Waals surface area contributed by atoms with Gasteiger partial charge in [-0.2, -0.15) is 26.3 Å². The Hall–Kier alpha value is -2.30. The van der Waals surface area contributed by atoms with Crippen molar-refractivity contribution >= 4 is 11.8 Å². The average molecular weight is 451 g/mol. The fourth-order valence-electron chi connectivity index (χ4n) is 4.12. The number of amides is 2. The van der Waals surface area contributed by atoms with Gasteiger partial charge < -0.3 is 14.7 Å². The number of halogens is 6. The van der Waals surface area contributed by atoms with Gasteiger partial charge in [-0.15, -0.1) is 0 Å². The van der Waals surface area contributed by atoms with Gasteiger partial charge in [0.05, 0.1) is 17.0 Å². The van der Waals surface area contributed by atoms with Crippen LogP contribution in [0.4, 0.5) is 26.3 Å². The van der Waals surface area contributed by atoms with E-state index in [0.29, 0.717) is 18.7 Å². The lowest BCUT2D eigenvalue weighted by atomic mass is 10.0. The van der Waals surface area contributed by atoms with Crippen LogP contribution in [0.3, 0.4) is 0 Å². The third kappa shape index (κ3) is 5.31. The lowest BCUT2D eigenvalue weighted by Gasteiger charge is -2.27. The van der Waals surface area contributed by atoms with Crippen LogP contribution in [0.15, 0.2) is 18.2 Å². The second-order valence-electron chi connectivity index (χ2n) is 8.24. The molecule has 2 heterocycles. The highest BCUT2D eigenvalue weighted by atomic mass is 19.4. The normalized spacial score (nSPS) is 23.0. The first-order valence-corrected chi connectivity index (χ1v) is 9.77. The van der Waals surface area contributed by atoms with E-state index in [1.165, 1.54) is 0 Å². The minimum Gasteiger partial charge on any atom is -0.341 e. The minimum absolute atomic E-state index is 0.0134. The Morgan fingerprint density at radius 1 is 1.06 bits per heavy atom. The van der Waals surface area contributed by atoms with E-state index in [1.54, 1.807) is 11.9 Å². The first kappa shape index (κ1) is 23.4. The van der Waals surface area contributed by atoms with E-state index in [1.807, 2.05) is 7.05 Å². The fourth-order valence-corrected chi connectivity index (χ4v) is 4.12. The van der Waals surface area contributed by atoms with Crippen LogP contribution in [0.5, 0.6) is 0 Å². The number of likely N-dealkylation sites (tertiary alicyclic amines) is 2. The third-order valence-corrected chi connectivity index (χ3v) is 5.85. The van der Waals surface area contributed by atoms with Gasteiger partial charge in [-0.1, -0.05) is 0 Å². The van der Waals surface area contributed by atoms with Crippen molar-refractivity contribution in [2.45, 2.75) is 37.8 Å². The van der Waals surface area contributed by atoms with Crippen molar-refractivity contribution in [1.82, 2.24) is 14.7 Å². The molecule has 3 rings (SSSR count). The van der Waals surface area contributed by atoms with E-state index in [9.17, 15) is 35.9 Å². The molecule has 2 amide bonds. The minimum atomic E-state index is -4.96. The zero-order valence-corrected chi connectivity index (χ0v) is 17.1. The zero-order valence-electron chi connectivity index (χ0n) is 17.1. The molecule has 11 heteroatoms. The maximum atomic E-state index is 13.1. The molecule has 2 aliphatic rings. The van der Waals surface area contributed by atoms with Crippen LogP contribution in [0.2, 0.25) is 0 Å². The number of hydrogen-bond donors (Lipinski definition) is 0. The van der Waals surface area contributed by atoms with Crippen LogP contribution in [0, 0.1) is 5.92 Å². The van der Waals surface area contributed by atoms with E-state index in [2.05, 4.69) is 4.90 Å². The van der Waals surface area contributed by atoms with Gasteiger partial charge in [-0.05, 0) is 43.8 Å². The molecule has 0 N–H and O–H groups in total. The molecule has 0 aromatic heterocycles. The molecule has 2 aliphatic heterocycles. The predicted molar refractivity (Wildman–Crippen MR) is 98.6 cm³/mol. The second-order valence-corrected chi connectivity index (χ2v) is 8.24. The Balaban J connectivity index is 1.74. The van der Waals surface area contributed by atoms with E-state index in [-0.39, 0.29) is 36.5 Å². The zero-order chi connectivity index (χ0) is 23.1. The molecule has 0 radical (unpaired) electrons. The molecule has 5 nitrogen and oxygen atoms in total. The van der Waals surface area contributed by atoms with Crippen molar-refractivity contribution in [1.29, 1.82) is 0 Å². The predicted octanol–water partition coefficient (Wildman–Crippen LogP) is 3.24. The Morgan fingerprint density at radius 3 is 2.13 bits per heavy atom. The van der Waals surface area contributed by atoms with Crippen molar-refractivity contribution in [3.05, 3.63) is 34.9 Å². The van der Waals surface area contributed by atoms with Gasteiger partial charge >= 0.3 is 12.4 Å². The van der Waals surface area contributed by atoms with Crippen molar-refractivity contribution < 1.29 is 35.9 Å². The van der Waals surface area contributed by atoms with Crippen LogP contribution in [-0.2, 0) is 28.5 Å². The molecule has 0 aliphatic carbocycles. The molecule has 31 heavy (non-hydrogen) atoms. The number of benzene rings is 1. The van der Waals surface area contributed by atoms with Gasteiger partial charge in [0.25, 0.3) is 0 Å². The number of alkyl halides is 6. The molecule has 2 saturated heterocycles. The largest absolute Gasteiger partial charge is 0.416 e. The number of rotatable bonds is 4. The molecule has 2 atom stereocenters. The number of nitrogens with zero attached hydrogens (tertiary/aromatic N) is 3. The molecule has 0 bridgehead atoms. The first-order valence-electron chi connectivity index (χ1n) is 9.77. The van der Waals surface area contributed by atoms with Gasteiger partial charge in [0.1, 0.15) is 0 Å². The highest BCUT2D eigenvalue weighted by molar-refractivity contribution is 5.89. The number of hydrogen-bond acceptors (Lipinski definition) is 3. The third-order valence-electron chi connectivity index (χ3n) is 5.85. The summed E-state index contributed by atoms with van der Waals surface area (Å²) in [4.78, 5) is 30.0. The lowest BCUT2D eigenvalue weighted by Crippen LogP contribution is -2.42. The monoisotopic (exact) mass is 451 g/mol. The van der Waals surface area contributed by atoms with E-state index in [4.69, 9.17) is 0 Å². The summed E-state index contributed by atoms with van der Waals surface area (Å²) < 4.78 is 78.3. The highest BCUT2D eigenvalue weighted by Gasteiger charge is 2.40. The topological polar surface area (TPSA) is 43.9 Å². The molecule has 2 fully saturated rings. The Bertz CT molecular complexity index is 822. The highest BCUT2D eigenvalue weighted by Crippen LogP contribution is 2.37. The van der Waals surface area contributed by atoms with Crippen molar-refractivity contribution in [2.75, 3.05) is 33.7 Å². The molecular weight excluding hydrogens is 428 g/mol. The molecule has 0 saturated carbocycles. The smallest absolute Gasteiger partial charge is 0.341 e. The summed E-state index contributed by atoms with van der Waals surface area (Å²) in [7, 11) is 3.59. The van der Waals surface area contributed by atoms with Gasteiger partial charge in [0.2, 0.25) is 11.8 Å². The van der Waals surface area contributed by atoms with E-state index in [0.717, 1.165) is 17.9 Å². The van der Waals surface area contributed by atoms with Crippen LogP contribution in [0.1, 0.15) is 29.5 Å². The number of likely N-dealkylation sites (N-methyl/N-ethyl adjacent to an activating group) is 2. The molecule has 172 valence electrons. The molecule has 0 unspecified atom stereocenters. The summed E-state index contributed by atoms with van der Waals surface area (Å²) >= 11 is 0. The summed E-state index contributed by atoms with van der Waals surface area (Å²) in [6, 6.07) is 1.28. The molecule has 0 spiro atoms. The standard InChI is InChI=1S/C20H23F6N3O2/c1-27-4-3-16(11-27)28(2)18(31)13-7-17(30)29(10-13)9-12-5-14(19(21,22)23)8-15(6-12)20(24,25)26/h5-6,8,13,16H,3-4,7,9-11H2,1-2H3/t13-,16-/m1/s1. The molecular formula is C20H23F6N3O2. The van der Waals surface area contributed by atoms with E-state index < -0.39 is 41.8 Å². The quantitative estimate of drug-likeness (QED) is 0.661. The van der Waals surface area contributed by atoms with Crippen LogP contribution in [0.25, 0.3) is 0 Å². The van der Waals surface area contributed by atoms with Crippen LogP contribution in [-0.4, -0.2) is 66.3 Å². The number of carbonyl (C=O) groups excluding carboxylic acids is 2. The molecule has 1 aromatic rings. The SMILES string of the molecule is CN1CC[C@@H](N(C)C(=O)[C@@H]2CC(=O)N(Cc3cc(C(F)(F)F)cc(C(F)(F)F)c3)C2)C1. The fraction of sp³-hybridized carbons (Fsp3) is 0.600. The second kappa shape index (κ2) is 8.33. The Labute approximate surface area is 175 Å². The summed E-state index contributed by atoms with van der Waals surface area (Å²) in [6.45, 7) is 1.08. The van der Waals surface area contributed by atoms with Crippen molar-refractivity contribution in [2.24, 2.45) is 5.92 Å². The first-order chi connectivity index (χ1) is 14.3. The van der Waals surface area contributed by atoms with Gasteiger partial charge in [0, 0.05) is 39.1 Å². The van der Waals surface area contributed by atoms with Crippen LogP contribution >= 0.6 is 0 Å². The van der Waals surface area contributed by atoms with Crippen molar-refractivity contribution in [3.8, 4) is 0 Å². The Morgan fingerprint density at radius 2 is 1.65 bits per heavy atom. The summed E-state index contributed by atoms with van der Waals surface area (Å²) in [5.41, 5.74) is -3.14. The maximum absolute atomic E-state index is 13.1. The lowest BCUT2D eigenvalue weighted by molar-refractivity contribution is -0.143. The van der Waals surface area contributed by atoms with Gasteiger partial charge in [-0.3, -0.25) is 9.59 Å². The van der Waals surface area contributed by atoms with Crippen molar-refractivity contribution in [3.63, 3.8) is 0 Å². The van der Waals surface area contributed by atoms with Gasteiger partial charge in [-0.25, -0.2) is 0 Å². The molecule has 1 aromatic carbocycles. The summed E-state index contributed by atoms with van der Waals surface area (Å²) in [6.07, 6.45) is -9.23. The van der Waals surface area contributed by atoms with E-state index >= 15 is 0 Å². The Kier molecular flexibility index (Phi) is 6.28. The maximum Gasteiger partial charge on any atom is 0.416 e. The van der Waals surface area contributed by atoms with Gasteiger partial charge in [0.15, 0.2) is 0 Å².